The highest BCUT2D eigenvalue weighted by molar-refractivity contribution is 5.97. The first-order valence-corrected chi connectivity index (χ1v) is 9.90. The van der Waals surface area contributed by atoms with Gasteiger partial charge in [0.1, 0.15) is 0 Å². The van der Waals surface area contributed by atoms with Crippen LogP contribution >= 0.6 is 0 Å². The quantitative estimate of drug-likeness (QED) is 0.474. The molecular weight excluding hydrogens is 382 g/mol. The van der Waals surface area contributed by atoms with Crippen LogP contribution in [0.25, 0.3) is 6.08 Å². The summed E-state index contributed by atoms with van der Waals surface area (Å²) in [6, 6.07) is 13.0. The van der Waals surface area contributed by atoms with Gasteiger partial charge in [-0.3, -0.25) is 4.79 Å². The molecule has 2 aromatic carbocycles. The van der Waals surface area contributed by atoms with Crippen LogP contribution in [-0.4, -0.2) is 32.2 Å². The zero-order valence-electron chi connectivity index (χ0n) is 18.1. The van der Waals surface area contributed by atoms with Crippen molar-refractivity contribution in [3.63, 3.8) is 0 Å². The van der Waals surface area contributed by atoms with Gasteiger partial charge in [0.15, 0.2) is 17.6 Å². The second-order valence-electron chi connectivity index (χ2n) is 6.88. The van der Waals surface area contributed by atoms with Gasteiger partial charge in [-0.05, 0) is 43.0 Å². The third-order valence-electron chi connectivity index (χ3n) is 4.86. The molecule has 0 fully saturated rings. The van der Waals surface area contributed by atoms with Gasteiger partial charge >= 0.3 is 5.97 Å². The van der Waals surface area contributed by atoms with Crippen LogP contribution in [-0.2, 0) is 14.3 Å². The number of hydrogen-bond donors (Lipinski definition) is 1. The van der Waals surface area contributed by atoms with E-state index in [9.17, 15) is 9.59 Å². The summed E-state index contributed by atoms with van der Waals surface area (Å²) in [5, 5.41) is 2.86. The molecule has 6 heteroatoms. The number of ether oxygens (including phenoxy) is 3. The van der Waals surface area contributed by atoms with Crippen LogP contribution in [0.5, 0.6) is 11.5 Å². The standard InChI is InChI=1S/C24H29NO5/c1-6-16(2)19-11-7-8-12-20(19)25-24(27)17(3)30-22(26)15-14-18-10-9-13-21(28-4)23(18)29-5/h7-17H,6H2,1-5H3,(H,25,27)/b15-14+/t16-,17+/m1/s1. The largest absolute Gasteiger partial charge is 0.493 e. The van der Waals surface area contributed by atoms with Crippen molar-refractivity contribution in [2.24, 2.45) is 0 Å². The smallest absolute Gasteiger partial charge is 0.331 e. The van der Waals surface area contributed by atoms with E-state index in [1.807, 2.05) is 24.3 Å². The molecule has 0 aliphatic rings. The van der Waals surface area contributed by atoms with Crippen molar-refractivity contribution >= 4 is 23.6 Å². The Labute approximate surface area is 177 Å². The highest BCUT2D eigenvalue weighted by Gasteiger charge is 2.19. The molecule has 2 aromatic rings. The number of hydrogen-bond acceptors (Lipinski definition) is 5. The van der Waals surface area contributed by atoms with Crippen LogP contribution in [0.2, 0.25) is 0 Å². The van der Waals surface area contributed by atoms with E-state index in [4.69, 9.17) is 14.2 Å². The summed E-state index contributed by atoms with van der Waals surface area (Å²) in [7, 11) is 3.07. The van der Waals surface area contributed by atoms with E-state index < -0.39 is 12.1 Å². The number of nitrogens with one attached hydrogen (secondary N) is 1. The molecule has 0 aliphatic carbocycles. The van der Waals surface area contributed by atoms with Crippen molar-refractivity contribution in [3.05, 3.63) is 59.7 Å². The number of benzene rings is 2. The Kier molecular flexibility index (Phi) is 8.47. The number of carbonyl (C=O) groups excluding carboxylic acids is 2. The van der Waals surface area contributed by atoms with Gasteiger partial charge in [-0.1, -0.05) is 44.2 Å². The third kappa shape index (κ3) is 5.86. The van der Waals surface area contributed by atoms with Crippen LogP contribution in [0, 0.1) is 0 Å². The maximum absolute atomic E-state index is 12.5. The summed E-state index contributed by atoms with van der Waals surface area (Å²) < 4.78 is 15.8. The van der Waals surface area contributed by atoms with E-state index in [-0.39, 0.29) is 5.91 Å². The molecule has 0 saturated carbocycles. The Morgan fingerprint density at radius 3 is 2.43 bits per heavy atom. The molecule has 1 amide bonds. The van der Waals surface area contributed by atoms with Crippen molar-refractivity contribution in [1.82, 2.24) is 0 Å². The average Bonchev–Trinajstić information content (AvgIpc) is 2.76. The molecule has 2 rings (SSSR count). The van der Waals surface area contributed by atoms with E-state index >= 15 is 0 Å². The Morgan fingerprint density at radius 1 is 1.03 bits per heavy atom. The lowest BCUT2D eigenvalue weighted by Crippen LogP contribution is -2.29. The fourth-order valence-corrected chi connectivity index (χ4v) is 2.96. The van der Waals surface area contributed by atoms with E-state index in [0.717, 1.165) is 17.7 Å². The molecular formula is C24H29NO5. The molecule has 0 aromatic heterocycles. The topological polar surface area (TPSA) is 73.9 Å². The summed E-state index contributed by atoms with van der Waals surface area (Å²) in [5.41, 5.74) is 2.45. The zero-order valence-corrected chi connectivity index (χ0v) is 18.1. The lowest BCUT2D eigenvalue weighted by molar-refractivity contribution is -0.148. The predicted molar refractivity (Wildman–Crippen MR) is 118 cm³/mol. The predicted octanol–water partition coefficient (Wildman–Crippen LogP) is 4.80. The molecule has 160 valence electrons. The summed E-state index contributed by atoms with van der Waals surface area (Å²) in [6.45, 7) is 5.74. The number of anilines is 1. The highest BCUT2D eigenvalue weighted by atomic mass is 16.5. The van der Waals surface area contributed by atoms with Crippen molar-refractivity contribution in [3.8, 4) is 11.5 Å². The third-order valence-corrected chi connectivity index (χ3v) is 4.86. The van der Waals surface area contributed by atoms with Crippen molar-refractivity contribution in [2.75, 3.05) is 19.5 Å². The minimum Gasteiger partial charge on any atom is -0.493 e. The summed E-state index contributed by atoms with van der Waals surface area (Å²) in [4.78, 5) is 24.7. The number of carbonyl (C=O) groups is 2. The molecule has 6 nitrogen and oxygen atoms in total. The molecule has 30 heavy (non-hydrogen) atoms. The Hall–Kier alpha value is -3.28. The number of amides is 1. The molecule has 1 N–H and O–H groups in total. The molecule has 0 heterocycles. The fourth-order valence-electron chi connectivity index (χ4n) is 2.96. The van der Waals surface area contributed by atoms with Gasteiger partial charge < -0.3 is 19.5 Å². The lowest BCUT2D eigenvalue weighted by atomic mass is 9.97. The minimum absolute atomic E-state index is 0.306. The van der Waals surface area contributed by atoms with Crippen LogP contribution in [0.15, 0.2) is 48.5 Å². The molecule has 0 spiro atoms. The van der Waals surface area contributed by atoms with Crippen LogP contribution in [0.1, 0.15) is 44.2 Å². The zero-order chi connectivity index (χ0) is 22.1. The summed E-state index contributed by atoms with van der Waals surface area (Å²) >= 11 is 0. The van der Waals surface area contributed by atoms with Gasteiger partial charge in [-0.15, -0.1) is 0 Å². The van der Waals surface area contributed by atoms with Gasteiger partial charge in [-0.2, -0.15) is 0 Å². The minimum atomic E-state index is -0.945. The second kappa shape index (κ2) is 11.0. The first-order chi connectivity index (χ1) is 14.4. The van der Waals surface area contributed by atoms with Crippen molar-refractivity contribution < 1.29 is 23.8 Å². The molecule has 0 unspecified atom stereocenters. The number of esters is 1. The Morgan fingerprint density at radius 2 is 1.77 bits per heavy atom. The van der Waals surface area contributed by atoms with Gasteiger partial charge in [0, 0.05) is 17.3 Å². The highest BCUT2D eigenvalue weighted by Crippen LogP contribution is 2.31. The molecule has 0 radical (unpaired) electrons. The van der Waals surface area contributed by atoms with E-state index in [2.05, 4.69) is 19.2 Å². The molecule has 0 saturated heterocycles. The number of methoxy groups -OCH3 is 2. The van der Waals surface area contributed by atoms with Crippen LogP contribution < -0.4 is 14.8 Å². The van der Waals surface area contributed by atoms with Gasteiger partial charge in [-0.25, -0.2) is 4.79 Å². The van der Waals surface area contributed by atoms with Crippen molar-refractivity contribution in [1.29, 1.82) is 0 Å². The van der Waals surface area contributed by atoms with Crippen molar-refractivity contribution in [2.45, 2.75) is 39.2 Å². The number of rotatable bonds is 9. The molecule has 2 atom stereocenters. The van der Waals surface area contributed by atoms with Gasteiger partial charge in [0.05, 0.1) is 14.2 Å². The van der Waals surface area contributed by atoms with Gasteiger partial charge in [0.2, 0.25) is 0 Å². The first kappa shape index (κ1) is 23.0. The SMILES string of the molecule is CC[C@@H](C)c1ccccc1NC(=O)[C@H](C)OC(=O)/C=C/c1cccc(OC)c1OC. The average molecular weight is 411 g/mol. The maximum atomic E-state index is 12.5. The summed E-state index contributed by atoms with van der Waals surface area (Å²) in [5.74, 6) is 0.363. The lowest BCUT2D eigenvalue weighted by Gasteiger charge is -2.17. The second-order valence-corrected chi connectivity index (χ2v) is 6.88. The molecule has 0 bridgehead atoms. The fraction of sp³-hybridized carbons (Fsp3) is 0.333. The molecule has 0 aliphatic heterocycles. The van der Waals surface area contributed by atoms with Gasteiger partial charge in [0.25, 0.3) is 5.91 Å². The Bertz CT molecular complexity index is 906. The van der Waals surface area contributed by atoms with E-state index in [1.165, 1.54) is 13.2 Å². The number of para-hydroxylation sites is 2. The van der Waals surface area contributed by atoms with Crippen LogP contribution in [0.3, 0.4) is 0 Å². The maximum Gasteiger partial charge on any atom is 0.331 e. The van der Waals surface area contributed by atoms with E-state index in [0.29, 0.717) is 23.0 Å². The van der Waals surface area contributed by atoms with Crippen LogP contribution in [0.4, 0.5) is 5.69 Å². The summed E-state index contributed by atoms with van der Waals surface area (Å²) in [6.07, 6.45) is 2.83. The first-order valence-electron chi connectivity index (χ1n) is 9.90. The normalized spacial score (nSPS) is 12.8. The Balaban J connectivity index is 2.03. The monoisotopic (exact) mass is 411 g/mol. The van der Waals surface area contributed by atoms with E-state index in [1.54, 1.807) is 38.3 Å².